The highest BCUT2D eigenvalue weighted by Gasteiger charge is 2.08. The minimum Gasteiger partial charge on any atom is -0.356 e. The fourth-order valence-electron chi connectivity index (χ4n) is 2.45. The van der Waals surface area contributed by atoms with Gasteiger partial charge in [0.1, 0.15) is 0 Å². The third-order valence-electron chi connectivity index (χ3n) is 3.71. The molecule has 0 aromatic heterocycles. The van der Waals surface area contributed by atoms with Crippen molar-refractivity contribution in [1.29, 1.82) is 0 Å². The van der Waals surface area contributed by atoms with Gasteiger partial charge in [-0.2, -0.15) is 0 Å². The van der Waals surface area contributed by atoms with Gasteiger partial charge in [-0.15, -0.1) is 0 Å². The number of nitrogens with one attached hydrogen (secondary N) is 3. The monoisotopic (exact) mass is 368 g/mol. The first-order valence-corrected chi connectivity index (χ1v) is 10.6. The number of aliphatic imine (C=N–C) groups is 1. The van der Waals surface area contributed by atoms with Crippen molar-refractivity contribution in [2.75, 3.05) is 26.4 Å². The summed E-state index contributed by atoms with van der Waals surface area (Å²) in [6.07, 6.45) is 2.94. The van der Waals surface area contributed by atoms with Crippen molar-refractivity contribution in [3.8, 4) is 0 Å². The average molecular weight is 369 g/mol. The lowest BCUT2D eigenvalue weighted by molar-refractivity contribution is 0.584. The molecule has 7 heteroatoms. The molecule has 0 fully saturated rings. The average Bonchev–Trinajstić information content (AvgIpc) is 2.52. The number of nitrogens with zero attached hydrogens (tertiary/aromatic N) is 1. The zero-order valence-electron chi connectivity index (χ0n) is 16.0. The van der Waals surface area contributed by atoms with Crippen LogP contribution in [0.15, 0.2) is 29.3 Å². The van der Waals surface area contributed by atoms with Crippen LogP contribution >= 0.6 is 0 Å². The third-order valence-corrected chi connectivity index (χ3v) is 4.44. The van der Waals surface area contributed by atoms with Crippen LogP contribution in [0.4, 0.5) is 0 Å². The van der Waals surface area contributed by atoms with Crippen molar-refractivity contribution in [1.82, 2.24) is 15.4 Å². The van der Waals surface area contributed by atoms with Crippen LogP contribution in [0.1, 0.15) is 44.4 Å². The Morgan fingerprint density at radius 1 is 1.12 bits per heavy atom. The molecule has 0 bridgehead atoms. The van der Waals surface area contributed by atoms with Crippen LogP contribution in [0.5, 0.6) is 0 Å². The number of hydrogen-bond acceptors (Lipinski definition) is 3. The van der Waals surface area contributed by atoms with E-state index in [4.69, 9.17) is 0 Å². The molecule has 1 unspecified atom stereocenters. The van der Waals surface area contributed by atoms with E-state index in [0.717, 1.165) is 12.7 Å². The van der Waals surface area contributed by atoms with Gasteiger partial charge in [0.2, 0.25) is 10.0 Å². The Kier molecular flexibility index (Phi) is 8.92. The Hall–Kier alpha value is -1.60. The lowest BCUT2D eigenvalue weighted by Gasteiger charge is -2.19. The SMILES string of the molecule is CN=C(NCCCNS(C)(=O)=O)NC(C)c1ccc(CC(C)C)cc1. The Balaban J connectivity index is 2.43. The van der Waals surface area contributed by atoms with Gasteiger partial charge in [-0.3, -0.25) is 4.99 Å². The summed E-state index contributed by atoms with van der Waals surface area (Å²) in [6, 6.07) is 8.80. The molecule has 1 aromatic carbocycles. The summed E-state index contributed by atoms with van der Waals surface area (Å²) < 4.78 is 24.5. The molecule has 0 radical (unpaired) electrons. The van der Waals surface area contributed by atoms with Crippen LogP contribution in [0.3, 0.4) is 0 Å². The second-order valence-corrected chi connectivity index (χ2v) is 8.56. The van der Waals surface area contributed by atoms with Gasteiger partial charge < -0.3 is 10.6 Å². The van der Waals surface area contributed by atoms with E-state index in [1.807, 2.05) is 0 Å². The van der Waals surface area contributed by atoms with E-state index in [-0.39, 0.29) is 6.04 Å². The first-order chi connectivity index (χ1) is 11.7. The molecular formula is C18H32N4O2S. The summed E-state index contributed by atoms with van der Waals surface area (Å²) in [5.41, 5.74) is 2.56. The van der Waals surface area contributed by atoms with Gasteiger partial charge in [0.25, 0.3) is 0 Å². The molecule has 0 aliphatic carbocycles. The first-order valence-electron chi connectivity index (χ1n) is 8.72. The second-order valence-electron chi connectivity index (χ2n) is 6.72. The van der Waals surface area contributed by atoms with Gasteiger partial charge in [-0.1, -0.05) is 38.1 Å². The molecule has 3 N–H and O–H groups in total. The van der Waals surface area contributed by atoms with Crippen molar-refractivity contribution in [2.24, 2.45) is 10.9 Å². The summed E-state index contributed by atoms with van der Waals surface area (Å²) in [5, 5.41) is 6.55. The van der Waals surface area contributed by atoms with Crippen molar-refractivity contribution in [2.45, 2.75) is 39.7 Å². The van der Waals surface area contributed by atoms with Gasteiger partial charge in [-0.25, -0.2) is 13.1 Å². The summed E-state index contributed by atoms with van der Waals surface area (Å²) >= 11 is 0. The maximum Gasteiger partial charge on any atom is 0.208 e. The third kappa shape index (κ3) is 9.45. The summed E-state index contributed by atoms with van der Waals surface area (Å²) in [4.78, 5) is 4.21. The molecule has 0 amide bonds. The van der Waals surface area contributed by atoms with Gasteiger partial charge in [0.05, 0.1) is 12.3 Å². The Morgan fingerprint density at radius 2 is 1.76 bits per heavy atom. The number of rotatable bonds is 9. The van der Waals surface area contributed by atoms with E-state index < -0.39 is 10.0 Å². The normalized spacial score (nSPS) is 13.8. The van der Waals surface area contributed by atoms with Crippen LogP contribution in [-0.2, 0) is 16.4 Å². The van der Waals surface area contributed by atoms with Gasteiger partial charge in [0.15, 0.2) is 5.96 Å². The molecule has 0 aliphatic heterocycles. The summed E-state index contributed by atoms with van der Waals surface area (Å²) in [7, 11) is -1.40. The maximum absolute atomic E-state index is 11.0. The van der Waals surface area contributed by atoms with Crippen LogP contribution in [0.2, 0.25) is 0 Å². The Morgan fingerprint density at radius 3 is 2.28 bits per heavy atom. The van der Waals surface area contributed by atoms with E-state index in [1.54, 1.807) is 7.05 Å². The molecule has 0 saturated heterocycles. The van der Waals surface area contributed by atoms with Crippen molar-refractivity contribution >= 4 is 16.0 Å². The van der Waals surface area contributed by atoms with E-state index in [0.29, 0.717) is 31.4 Å². The van der Waals surface area contributed by atoms with Crippen LogP contribution in [0, 0.1) is 5.92 Å². The summed E-state index contributed by atoms with van der Waals surface area (Å²) in [6.45, 7) is 7.59. The maximum atomic E-state index is 11.0. The van der Waals surface area contributed by atoms with E-state index in [9.17, 15) is 8.42 Å². The van der Waals surface area contributed by atoms with E-state index >= 15 is 0 Å². The minimum absolute atomic E-state index is 0.133. The summed E-state index contributed by atoms with van der Waals surface area (Å²) in [5.74, 6) is 1.36. The zero-order valence-corrected chi connectivity index (χ0v) is 16.8. The fourth-order valence-corrected chi connectivity index (χ4v) is 2.96. The smallest absolute Gasteiger partial charge is 0.208 e. The standard InChI is InChI=1S/C18H32N4O2S/c1-14(2)13-16-7-9-17(10-8-16)15(3)22-18(19-4)20-11-6-12-21-25(5,23)24/h7-10,14-15,21H,6,11-13H2,1-5H3,(H2,19,20,22). The van der Waals surface area contributed by atoms with Gasteiger partial charge in [-0.05, 0) is 36.8 Å². The van der Waals surface area contributed by atoms with E-state index in [1.165, 1.54) is 11.1 Å². The van der Waals surface area contributed by atoms with Crippen LogP contribution in [-0.4, -0.2) is 40.8 Å². The molecule has 1 aromatic rings. The van der Waals surface area contributed by atoms with Crippen molar-refractivity contribution in [3.63, 3.8) is 0 Å². The number of sulfonamides is 1. The topological polar surface area (TPSA) is 82.6 Å². The highest BCUT2D eigenvalue weighted by molar-refractivity contribution is 7.88. The van der Waals surface area contributed by atoms with Crippen LogP contribution in [0.25, 0.3) is 0 Å². The van der Waals surface area contributed by atoms with E-state index in [2.05, 4.69) is 65.4 Å². The Labute approximate surface area is 152 Å². The largest absolute Gasteiger partial charge is 0.356 e. The zero-order chi connectivity index (χ0) is 18.9. The molecule has 0 aliphatic rings. The lowest BCUT2D eigenvalue weighted by Crippen LogP contribution is -2.39. The predicted molar refractivity (Wildman–Crippen MR) is 105 cm³/mol. The minimum atomic E-state index is -3.12. The quantitative estimate of drug-likeness (QED) is 0.354. The number of hydrogen-bond donors (Lipinski definition) is 3. The number of benzene rings is 1. The molecule has 142 valence electrons. The molecule has 6 nitrogen and oxygen atoms in total. The van der Waals surface area contributed by atoms with Crippen molar-refractivity contribution < 1.29 is 8.42 Å². The molecule has 1 atom stereocenters. The first kappa shape index (κ1) is 21.4. The second kappa shape index (κ2) is 10.4. The molecule has 1 rings (SSSR count). The predicted octanol–water partition coefficient (Wildman–Crippen LogP) is 2.05. The molecular weight excluding hydrogens is 336 g/mol. The van der Waals surface area contributed by atoms with Gasteiger partial charge in [0, 0.05) is 20.1 Å². The highest BCUT2D eigenvalue weighted by atomic mass is 32.2. The fraction of sp³-hybridized carbons (Fsp3) is 0.611. The molecule has 0 heterocycles. The molecule has 0 saturated carbocycles. The molecule has 0 spiro atoms. The van der Waals surface area contributed by atoms with Crippen LogP contribution < -0.4 is 15.4 Å². The molecule has 25 heavy (non-hydrogen) atoms. The lowest BCUT2D eigenvalue weighted by atomic mass is 10.00. The number of guanidine groups is 1. The Bertz CT molecular complexity index is 640. The highest BCUT2D eigenvalue weighted by Crippen LogP contribution is 2.15. The van der Waals surface area contributed by atoms with Crippen molar-refractivity contribution in [3.05, 3.63) is 35.4 Å². The van der Waals surface area contributed by atoms with Gasteiger partial charge >= 0.3 is 0 Å².